The van der Waals surface area contributed by atoms with E-state index in [0.717, 1.165) is 23.9 Å². The standard InChI is InChI=1S/C18H38N2/c1-7-11-20(12-8-17(6)15(2)3)18-9-13-19(14-10-18)16(4)5/h15-18H,7-14H2,1-6H3. The minimum absolute atomic E-state index is 0.719. The summed E-state index contributed by atoms with van der Waals surface area (Å²) in [5.41, 5.74) is 0. The molecule has 1 heterocycles. The minimum Gasteiger partial charge on any atom is -0.301 e. The van der Waals surface area contributed by atoms with Crippen LogP contribution in [0.25, 0.3) is 0 Å². The fraction of sp³-hybridized carbons (Fsp3) is 1.00. The third-order valence-corrected chi connectivity index (χ3v) is 5.27. The first kappa shape index (κ1) is 18.0. The number of rotatable bonds is 8. The van der Waals surface area contributed by atoms with E-state index in [9.17, 15) is 0 Å². The highest BCUT2D eigenvalue weighted by Gasteiger charge is 2.25. The zero-order valence-electron chi connectivity index (χ0n) is 14.9. The Morgan fingerprint density at radius 3 is 2.05 bits per heavy atom. The normalized spacial score (nSPS) is 20.2. The Kier molecular flexibility index (Phi) is 8.13. The first-order valence-corrected chi connectivity index (χ1v) is 8.93. The predicted octanol–water partition coefficient (Wildman–Crippen LogP) is 4.25. The molecule has 20 heavy (non-hydrogen) atoms. The molecule has 2 nitrogen and oxygen atoms in total. The molecule has 120 valence electrons. The Bertz CT molecular complexity index is 242. The van der Waals surface area contributed by atoms with Crippen LogP contribution in [0.3, 0.4) is 0 Å². The van der Waals surface area contributed by atoms with Gasteiger partial charge in [0.25, 0.3) is 0 Å². The topological polar surface area (TPSA) is 6.48 Å². The van der Waals surface area contributed by atoms with Crippen molar-refractivity contribution >= 4 is 0 Å². The molecule has 0 aromatic rings. The molecular formula is C18H38N2. The molecule has 1 rings (SSSR count). The van der Waals surface area contributed by atoms with E-state index >= 15 is 0 Å². The summed E-state index contributed by atoms with van der Waals surface area (Å²) in [6, 6.07) is 1.56. The average molecular weight is 283 g/mol. The van der Waals surface area contributed by atoms with Crippen molar-refractivity contribution in [1.82, 2.24) is 9.80 Å². The van der Waals surface area contributed by atoms with Crippen molar-refractivity contribution in [2.24, 2.45) is 11.8 Å². The molecule has 0 aliphatic carbocycles. The molecule has 0 spiro atoms. The van der Waals surface area contributed by atoms with Crippen LogP contribution in [-0.4, -0.2) is 48.1 Å². The lowest BCUT2D eigenvalue weighted by Gasteiger charge is -2.40. The number of nitrogens with zero attached hydrogens (tertiary/aromatic N) is 2. The average Bonchev–Trinajstić information content (AvgIpc) is 2.43. The van der Waals surface area contributed by atoms with Gasteiger partial charge in [-0.15, -0.1) is 0 Å². The maximum atomic E-state index is 2.79. The summed E-state index contributed by atoms with van der Waals surface area (Å²) in [5, 5.41) is 0. The molecule has 1 fully saturated rings. The van der Waals surface area contributed by atoms with Gasteiger partial charge in [-0.2, -0.15) is 0 Å². The van der Waals surface area contributed by atoms with Gasteiger partial charge in [0.15, 0.2) is 0 Å². The van der Waals surface area contributed by atoms with Gasteiger partial charge in [0.05, 0.1) is 0 Å². The molecule has 1 aliphatic rings. The lowest BCUT2D eigenvalue weighted by atomic mass is 9.93. The van der Waals surface area contributed by atoms with Crippen LogP contribution in [0.1, 0.15) is 67.2 Å². The van der Waals surface area contributed by atoms with Crippen molar-refractivity contribution in [2.45, 2.75) is 79.3 Å². The van der Waals surface area contributed by atoms with E-state index in [4.69, 9.17) is 0 Å². The zero-order valence-corrected chi connectivity index (χ0v) is 14.9. The van der Waals surface area contributed by atoms with Crippen LogP contribution in [0.5, 0.6) is 0 Å². The fourth-order valence-corrected chi connectivity index (χ4v) is 3.23. The first-order valence-electron chi connectivity index (χ1n) is 8.93. The molecule has 1 atom stereocenters. The van der Waals surface area contributed by atoms with Gasteiger partial charge in [-0.1, -0.05) is 27.7 Å². The Morgan fingerprint density at radius 2 is 1.60 bits per heavy atom. The molecule has 1 unspecified atom stereocenters. The largest absolute Gasteiger partial charge is 0.301 e. The van der Waals surface area contributed by atoms with Crippen LogP contribution in [0.4, 0.5) is 0 Å². The number of hydrogen-bond donors (Lipinski definition) is 0. The van der Waals surface area contributed by atoms with Crippen molar-refractivity contribution in [3.63, 3.8) is 0 Å². The van der Waals surface area contributed by atoms with Crippen molar-refractivity contribution in [3.05, 3.63) is 0 Å². The molecule has 0 amide bonds. The highest BCUT2D eigenvalue weighted by molar-refractivity contribution is 4.81. The highest BCUT2D eigenvalue weighted by atomic mass is 15.2. The van der Waals surface area contributed by atoms with Crippen LogP contribution < -0.4 is 0 Å². The van der Waals surface area contributed by atoms with E-state index < -0.39 is 0 Å². The summed E-state index contributed by atoms with van der Waals surface area (Å²) < 4.78 is 0. The zero-order chi connectivity index (χ0) is 15.1. The molecule has 0 N–H and O–H groups in total. The maximum Gasteiger partial charge on any atom is 0.0120 e. The first-order chi connectivity index (χ1) is 9.45. The van der Waals surface area contributed by atoms with E-state index in [-0.39, 0.29) is 0 Å². The van der Waals surface area contributed by atoms with Gasteiger partial charge in [0, 0.05) is 12.1 Å². The fourth-order valence-electron chi connectivity index (χ4n) is 3.23. The second-order valence-corrected chi connectivity index (χ2v) is 7.41. The van der Waals surface area contributed by atoms with Gasteiger partial charge in [-0.25, -0.2) is 0 Å². The van der Waals surface area contributed by atoms with Crippen molar-refractivity contribution in [2.75, 3.05) is 26.2 Å². The van der Waals surface area contributed by atoms with Gasteiger partial charge in [0.1, 0.15) is 0 Å². The summed E-state index contributed by atoms with van der Waals surface area (Å²) >= 11 is 0. The van der Waals surface area contributed by atoms with E-state index in [0.29, 0.717) is 0 Å². The Morgan fingerprint density at radius 1 is 1.00 bits per heavy atom. The van der Waals surface area contributed by atoms with Gasteiger partial charge >= 0.3 is 0 Å². The summed E-state index contributed by atoms with van der Waals surface area (Å²) in [6.07, 6.45) is 5.39. The quantitative estimate of drug-likeness (QED) is 0.656. The highest BCUT2D eigenvalue weighted by Crippen LogP contribution is 2.21. The summed E-state index contributed by atoms with van der Waals surface area (Å²) in [4.78, 5) is 5.42. The van der Waals surface area contributed by atoms with Crippen LogP contribution in [0, 0.1) is 11.8 Å². The van der Waals surface area contributed by atoms with Gasteiger partial charge in [0.2, 0.25) is 0 Å². The van der Waals surface area contributed by atoms with Crippen molar-refractivity contribution in [3.8, 4) is 0 Å². The molecule has 0 bridgehead atoms. The second kappa shape index (κ2) is 9.04. The second-order valence-electron chi connectivity index (χ2n) is 7.41. The van der Waals surface area contributed by atoms with E-state index in [1.54, 1.807) is 0 Å². The summed E-state index contributed by atoms with van der Waals surface area (Å²) in [6.45, 7) is 19.3. The number of piperidine rings is 1. The number of likely N-dealkylation sites (tertiary alicyclic amines) is 1. The molecule has 0 saturated carbocycles. The van der Waals surface area contributed by atoms with Crippen LogP contribution >= 0.6 is 0 Å². The van der Waals surface area contributed by atoms with Gasteiger partial charge in [-0.05, 0) is 77.5 Å². The van der Waals surface area contributed by atoms with E-state index in [2.05, 4.69) is 51.3 Å². The maximum absolute atomic E-state index is 2.79. The monoisotopic (exact) mass is 282 g/mol. The van der Waals surface area contributed by atoms with Gasteiger partial charge in [-0.3, -0.25) is 0 Å². The molecule has 1 aliphatic heterocycles. The predicted molar refractivity (Wildman–Crippen MR) is 90.2 cm³/mol. The molecule has 0 aromatic carbocycles. The third-order valence-electron chi connectivity index (χ3n) is 5.27. The smallest absolute Gasteiger partial charge is 0.0120 e. The Hall–Kier alpha value is -0.0800. The van der Waals surface area contributed by atoms with Crippen LogP contribution in [0.15, 0.2) is 0 Å². The third kappa shape index (κ3) is 5.73. The SMILES string of the molecule is CCCN(CCC(C)C(C)C)C1CCN(C(C)C)CC1. The Balaban J connectivity index is 2.42. The molecule has 1 saturated heterocycles. The van der Waals surface area contributed by atoms with Crippen molar-refractivity contribution < 1.29 is 0 Å². The molecular weight excluding hydrogens is 244 g/mol. The number of hydrogen-bond acceptors (Lipinski definition) is 2. The van der Waals surface area contributed by atoms with E-state index in [1.807, 2.05) is 0 Å². The summed E-state index contributed by atoms with van der Waals surface area (Å²) in [7, 11) is 0. The lowest BCUT2D eigenvalue weighted by Crippen LogP contribution is -2.47. The van der Waals surface area contributed by atoms with Gasteiger partial charge < -0.3 is 9.80 Å². The minimum atomic E-state index is 0.719. The van der Waals surface area contributed by atoms with E-state index in [1.165, 1.54) is 51.9 Å². The Labute approximate surface area is 127 Å². The van der Waals surface area contributed by atoms with Crippen LogP contribution in [-0.2, 0) is 0 Å². The summed E-state index contributed by atoms with van der Waals surface area (Å²) in [5.74, 6) is 1.67. The lowest BCUT2D eigenvalue weighted by molar-refractivity contribution is 0.0867. The van der Waals surface area contributed by atoms with Crippen LogP contribution in [0.2, 0.25) is 0 Å². The van der Waals surface area contributed by atoms with Crippen molar-refractivity contribution in [1.29, 1.82) is 0 Å². The molecule has 2 heteroatoms. The molecule has 0 radical (unpaired) electrons. The molecule has 0 aromatic heterocycles.